The van der Waals surface area contributed by atoms with E-state index in [0.717, 1.165) is 0 Å². The van der Waals surface area contributed by atoms with Gasteiger partial charge in [-0.05, 0) is 10.4 Å². The van der Waals surface area contributed by atoms with E-state index >= 15 is 0 Å². The highest BCUT2D eigenvalue weighted by Gasteiger charge is 1.63. The van der Waals surface area contributed by atoms with Crippen molar-refractivity contribution in [1.82, 2.24) is 0 Å². The van der Waals surface area contributed by atoms with Crippen molar-refractivity contribution >= 4 is 0 Å². The van der Waals surface area contributed by atoms with Crippen LogP contribution in [-0.4, -0.2) is 7.11 Å². The van der Waals surface area contributed by atoms with E-state index in [4.69, 9.17) is 0 Å². The molecule has 0 aromatic rings. The second-order valence-corrected chi connectivity index (χ2v) is 0.737. The molecule has 8 nitrogen and oxygen atoms in total. The van der Waals surface area contributed by atoms with Crippen LogP contribution in [0.2, 0.25) is 0 Å². The highest BCUT2D eigenvalue weighted by atomic mass is 16.6. The lowest BCUT2D eigenvalue weighted by Gasteiger charge is -1.73. The molecule has 0 aliphatic rings. The maximum Gasteiger partial charge on any atom is 0.108 e. The largest absolute Gasteiger partial charge is 0.381 e. The summed E-state index contributed by atoms with van der Waals surface area (Å²) in [4.78, 5) is 4.12. The Morgan fingerprint density at radius 1 is 1.11 bits per heavy atom. The highest BCUT2D eigenvalue weighted by Crippen LogP contribution is 1.80. The van der Waals surface area contributed by atoms with Crippen molar-refractivity contribution in [2.75, 3.05) is 7.11 Å². The molecular weight excluding hydrogens is 126 g/mol. The van der Waals surface area contributed by atoms with Gasteiger partial charge >= 0.3 is 0 Å². The molecule has 2 N–H and O–H groups in total. The number of rotatable bonds is 3. The van der Waals surface area contributed by atoms with Crippen LogP contribution in [0.15, 0.2) is 31.4 Å². The van der Waals surface area contributed by atoms with Crippen LogP contribution < -0.4 is 5.84 Å². The van der Waals surface area contributed by atoms with E-state index in [1.54, 1.807) is 0 Å². The summed E-state index contributed by atoms with van der Waals surface area (Å²) in [7, 11) is 1.32. The van der Waals surface area contributed by atoms with E-state index in [1.165, 1.54) is 7.11 Å². The standard InChI is InChI=1S/CH5N7O/c1-9-8-7-6-5-4-3-2/h1H3,(H2,2,4,6,8). The maximum atomic E-state index is 4.54. The fourth-order valence-electron chi connectivity index (χ4n) is 0.112. The molecule has 0 spiro atoms. The van der Waals surface area contributed by atoms with Crippen molar-refractivity contribution < 1.29 is 4.84 Å². The Morgan fingerprint density at radius 2 is 1.78 bits per heavy atom. The molecular formula is CH5N7O. The van der Waals surface area contributed by atoms with E-state index in [-0.39, 0.29) is 0 Å². The third-order valence-electron chi connectivity index (χ3n) is 0.290. The summed E-state index contributed by atoms with van der Waals surface area (Å²) >= 11 is 0. The van der Waals surface area contributed by atoms with Crippen LogP contribution in [0.5, 0.6) is 0 Å². The summed E-state index contributed by atoms with van der Waals surface area (Å²) in [6, 6.07) is 0. The molecule has 0 heterocycles. The van der Waals surface area contributed by atoms with Crippen LogP contribution in [0.1, 0.15) is 0 Å². The second kappa shape index (κ2) is 6.40. The van der Waals surface area contributed by atoms with Crippen molar-refractivity contribution in [3.8, 4) is 0 Å². The molecule has 0 rings (SSSR count). The lowest BCUT2D eigenvalue weighted by molar-refractivity contribution is 0.185. The van der Waals surface area contributed by atoms with Gasteiger partial charge in [0, 0.05) is 15.7 Å². The zero-order valence-corrected chi connectivity index (χ0v) is 4.67. The van der Waals surface area contributed by atoms with E-state index in [0.29, 0.717) is 0 Å². The molecule has 0 unspecified atom stereocenters. The molecule has 0 aromatic carbocycles. The molecule has 9 heavy (non-hydrogen) atoms. The van der Waals surface area contributed by atoms with Crippen LogP contribution in [0.25, 0.3) is 0 Å². The Balaban J connectivity index is 3.35. The average molecular weight is 131 g/mol. The molecule has 0 fully saturated rings. The Morgan fingerprint density at radius 3 is 2.33 bits per heavy atom. The summed E-state index contributed by atoms with van der Waals surface area (Å²) in [5, 5.41) is 17.5. The van der Waals surface area contributed by atoms with Gasteiger partial charge in [0.1, 0.15) is 7.11 Å². The van der Waals surface area contributed by atoms with Gasteiger partial charge in [-0.15, -0.1) is 0 Å². The van der Waals surface area contributed by atoms with Crippen LogP contribution in [0.3, 0.4) is 0 Å². The first-order chi connectivity index (χ1) is 4.41. The molecule has 8 heteroatoms. The van der Waals surface area contributed by atoms with Gasteiger partial charge in [0.05, 0.1) is 0 Å². The lowest BCUT2D eigenvalue weighted by Crippen LogP contribution is -1.70. The zero-order valence-electron chi connectivity index (χ0n) is 4.67. The van der Waals surface area contributed by atoms with Gasteiger partial charge in [0.2, 0.25) is 0 Å². The molecule has 0 atom stereocenters. The Kier molecular flexibility index (Phi) is 5.26. The Labute approximate surface area is 50.4 Å². The molecule has 0 saturated carbocycles. The van der Waals surface area contributed by atoms with Crippen molar-refractivity contribution in [3.63, 3.8) is 0 Å². The van der Waals surface area contributed by atoms with Gasteiger partial charge in [-0.1, -0.05) is 5.22 Å². The van der Waals surface area contributed by atoms with Crippen molar-refractivity contribution in [1.29, 1.82) is 0 Å². The predicted molar refractivity (Wildman–Crippen MR) is 25.8 cm³/mol. The molecule has 0 saturated heterocycles. The van der Waals surface area contributed by atoms with Gasteiger partial charge in [-0.2, -0.15) is 0 Å². The fraction of sp³-hybridized carbons (Fsp3) is 1.00. The number of nitrogens with two attached hydrogens (primary N) is 1. The molecule has 0 aromatic heterocycles. The first kappa shape index (κ1) is 7.40. The SMILES string of the molecule is CON=NN=NN=NN. The van der Waals surface area contributed by atoms with Gasteiger partial charge in [-0.3, -0.25) is 0 Å². The van der Waals surface area contributed by atoms with Crippen molar-refractivity contribution in [2.24, 2.45) is 37.2 Å². The summed E-state index contributed by atoms with van der Waals surface area (Å²) in [5.41, 5.74) is 0. The first-order valence-electron chi connectivity index (χ1n) is 1.85. The van der Waals surface area contributed by atoms with Crippen LogP contribution >= 0.6 is 0 Å². The quantitative estimate of drug-likeness (QED) is 0.343. The molecule has 50 valence electrons. The summed E-state index contributed by atoms with van der Waals surface area (Å²) in [5.74, 6) is 4.54. The molecule has 0 aliphatic heterocycles. The third-order valence-corrected chi connectivity index (χ3v) is 0.290. The van der Waals surface area contributed by atoms with Gasteiger partial charge in [0.25, 0.3) is 0 Å². The van der Waals surface area contributed by atoms with E-state index < -0.39 is 0 Å². The number of hydrogen-bond acceptors (Lipinski definition) is 3. The highest BCUT2D eigenvalue weighted by molar-refractivity contribution is 4.03. The van der Waals surface area contributed by atoms with Crippen LogP contribution in [0.4, 0.5) is 0 Å². The molecule has 0 bridgehead atoms. The van der Waals surface area contributed by atoms with E-state index in [9.17, 15) is 0 Å². The first-order valence-corrected chi connectivity index (χ1v) is 1.85. The minimum atomic E-state index is 1.32. The van der Waals surface area contributed by atoms with E-state index in [2.05, 4.69) is 42.1 Å². The van der Waals surface area contributed by atoms with Crippen LogP contribution in [0, 0.1) is 0 Å². The maximum absolute atomic E-state index is 4.54. The van der Waals surface area contributed by atoms with E-state index in [1.807, 2.05) is 0 Å². The topological polar surface area (TPSA) is 109 Å². The molecule has 0 amide bonds. The average Bonchev–Trinajstić information content (AvgIpc) is 1.89. The summed E-state index contributed by atoms with van der Waals surface area (Å²) in [6.45, 7) is 0. The zero-order chi connectivity index (χ0) is 6.95. The second-order valence-electron chi connectivity index (χ2n) is 0.737. The van der Waals surface area contributed by atoms with Gasteiger partial charge in [-0.25, -0.2) is 0 Å². The van der Waals surface area contributed by atoms with Crippen molar-refractivity contribution in [2.45, 2.75) is 0 Å². The minimum absolute atomic E-state index is 1.32. The predicted octanol–water partition coefficient (Wildman–Crippen LogP) is 0.608. The lowest BCUT2D eigenvalue weighted by atomic mass is 11.7. The number of nitrogens with zero attached hydrogens (tertiary/aromatic N) is 6. The number of hydrogen-bond donors (Lipinski definition) is 1. The fourth-order valence-corrected chi connectivity index (χ4v) is 0.112. The minimum Gasteiger partial charge on any atom is -0.381 e. The summed E-state index contributed by atoms with van der Waals surface area (Å²) < 4.78 is 0. The Bertz CT molecular complexity index is 125. The van der Waals surface area contributed by atoms with Gasteiger partial charge in [0.15, 0.2) is 0 Å². The van der Waals surface area contributed by atoms with Gasteiger partial charge < -0.3 is 10.7 Å². The smallest absolute Gasteiger partial charge is 0.108 e. The normalized spacial score (nSPS) is 12.1. The molecule has 0 radical (unpaired) electrons. The monoisotopic (exact) mass is 131 g/mol. The van der Waals surface area contributed by atoms with Crippen LogP contribution in [-0.2, 0) is 4.84 Å². The summed E-state index contributed by atoms with van der Waals surface area (Å²) in [6.07, 6.45) is 0. The molecule has 0 aliphatic carbocycles. The Hall–Kier alpha value is -1.60. The third kappa shape index (κ3) is 6.40. The van der Waals surface area contributed by atoms with Crippen molar-refractivity contribution in [3.05, 3.63) is 0 Å².